The van der Waals surface area contributed by atoms with Crippen molar-refractivity contribution in [1.82, 2.24) is 4.31 Å². The molecule has 7 atom stereocenters. The molecule has 1 saturated heterocycles. The largest absolute Gasteiger partial charge is 0.498 e. The third-order valence-electron chi connectivity index (χ3n) is 9.08. The van der Waals surface area contributed by atoms with Crippen LogP contribution < -0.4 is 4.74 Å². The molecule has 2 aliphatic carbocycles. The summed E-state index contributed by atoms with van der Waals surface area (Å²) < 4.78 is 42.0. The van der Waals surface area contributed by atoms with E-state index in [0.29, 0.717) is 17.2 Å². The molecule has 6 nitrogen and oxygen atoms in total. The minimum absolute atomic E-state index is 0.0240. The van der Waals surface area contributed by atoms with Gasteiger partial charge < -0.3 is 9.47 Å². The van der Waals surface area contributed by atoms with Gasteiger partial charge in [0.15, 0.2) is 0 Å². The fourth-order valence-corrected chi connectivity index (χ4v) is 9.29. The van der Waals surface area contributed by atoms with Crippen molar-refractivity contribution in [3.05, 3.63) is 108 Å². The smallest absolute Gasteiger partial charge is 0.264 e. The van der Waals surface area contributed by atoms with Crippen molar-refractivity contribution in [2.75, 3.05) is 14.2 Å². The van der Waals surface area contributed by atoms with Gasteiger partial charge in [0.2, 0.25) is 0 Å². The van der Waals surface area contributed by atoms with Crippen LogP contribution in [0.2, 0.25) is 0 Å². The molecule has 0 spiro atoms. The van der Waals surface area contributed by atoms with Gasteiger partial charge in [-0.25, -0.2) is 8.42 Å². The highest BCUT2D eigenvalue weighted by Crippen LogP contribution is 2.64. The summed E-state index contributed by atoms with van der Waals surface area (Å²) in [6.07, 6.45) is 0. The minimum atomic E-state index is -3.98. The first kappa shape index (κ1) is 25.7. The van der Waals surface area contributed by atoms with Gasteiger partial charge in [-0.15, -0.1) is 0 Å². The van der Waals surface area contributed by atoms with E-state index in [4.69, 9.17) is 9.47 Å². The van der Waals surface area contributed by atoms with Crippen LogP contribution in [-0.2, 0) is 19.6 Å². The van der Waals surface area contributed by atoms with E-state index in [1.54, 1.807) is 48.9 Å². The van der Waals surface area contributed by atoms with Crippen molar-refractivity contribution >= 4 is 15.8 Å². The Morgan fingerprint density at radius 2 is 1.31 bits per heavy atom. The van der Waals surface area contributed by atoms with Crippen molar-refractivity contribution < 1.29 is 22.7 Å². The number of methoxy groups -OCH3 is 2. The standard InChI is InChI=1S/C32H33NO5S/c1-19-25(21-11-7-5-8-12-21)28-31(34)27(19)26-20(2)29(22-15-17-23(37-3)18-16-22)33(30(26)32(28)38-4)39(35,36)24-13-9-6-10-14-24/h5-20,25-29H,1-4H3/t19?,20-,25?,26?,27?,28?,29+/m1/s1. The van der Waals surface area contributed by atoms with Gasteiger partial charge in [-0.2, -0.15) is 0 Å². The zero-order valence-electron chi connectivity index (χ0n) is 22.5. The second-order valence-corrected chi connectivity index (χ2v) is 12.7. The Morgan fingerprint density at radius 1 is 0.692 bits per heavy atom. The van der Waals surface area contributed by atoms with Crippen LogP contribution in [0.4, 0.5) is 0 Å². The van der Waals surface area contributed by atoms with Crippen LogP contribution in [-0.4, -0.2) is 32.7 Å². The normalized spacial score (nSPS) is 29.9. The van der Waals surface area contributed by atoms with Gasteiger partial charge >= 0.3 is 0 Å². The van der Waals surface area contributed by atoms with Gasteiger partial charge in [-0.05, 0) is 47.2 Å². The number of sulfonamides is 1. The number of carbonyl (C=O) groups excluding carboxylic acids is 1. The molecule has 3 aromatic rings. The van der Waals surface area contributed by atoms with Crippen LogP contribution in [0.5, 0.6) is 5.75 Å². The van der Waals surface area contributed by atoms with E-state index in [0.717, 1.165) is 11.1 Å². The second kappa shape index (κ2) is 9.56. The molecule has 1 heterocycles. The highest BCUT2D eigenvalue weighted by Gasteiger charge is 2.65. The van der Waals surface area contributed by atoms with Crippen molar-refractivity contribution in [2.45, 2.75) is 30.7 Å². The fraction of sp³-hybridized carbons (Fsp3) is 0.344. The molecule has 0 N–H and O–H groups in total. The Bertz CT molecular complexity index is 1520. The highest BCUT2D eigenvalue weighted by atomic mass is 32.2. The van der Waals surface area contributed by atoms with Crippen LogP contribution in [0.1, 0.15) is 36.9 Å². The molecular weight excluding hydrogens is 510 g/mol. The summed E-state index contributed by atoms with van der Waals surface area (Å²) in [4.78, 5) is 14.3. The number of hydrogen-bond donors (Lipinski definition) is 0. The summed E-state index contributed by atoms with van der Waals surface area (Å²) in [6.45, 7) is 4.21. The summed E-state index contributed by atoms with van der Waals surface area (Å²) in [5.41, 5.74) is 2.57. The maximum atomic E-state index is 14.5. The minimum Gasteiger partial charge on any atom is -0.498 e. The lowest BCUT2D eigenvalue weighted by molar-refractivity contribution is -0.126. The number of carbonyl (C=O) groups is 1. The molecule has 2 bridgehead atoms. The maximum Gasteiger partial charge on any atom is 0.264 e. The predicted octanol–water partition coefficient (Wildman–Crippen LogP) is 5.80. The van der Waals surface area contributed by atoms with Crippen LogP contribution in [0.15, 0.2) is 101 Å². The Morgan fingerprint density at radius 3 is 1.90 bits per heavy atom. The van der Waals surface area contributed by atoms with Crippen LogP contribution in [0.25, 0.3) is 0 Å². The van der Waals surface area contributed by atoms with E-state index in [-0.39, 0.29) is 40.3 Å². The van der Waals surface area contributed by atoms with E-state index in [9.17, 15) is 13.2 Å². The van der Waals surface area contributed by atoms with Gasteiger partial charge in [0.1, 0.15) is 17.3 Å². The Hall–Kier alpha value is -3.58. The number of fused-ring (bicyclic) bond motifs is 4. The van der Waals surface area contributed by atoms with Gasteiger partial charge in [0.05, 0.1) is 36.8 Å². The monoisotopic (exact) mass is 543 g/mol. The van der Waals surface area contributed by atoms with Crippen molar-refractivity contribution in [3.63, 3.8) is 0 Å². The summed E-state index contributed by atoms with van der Waals surface area (Å²) in [5.74, 6) is -0.00468. The molecule has 2 fully saturated rings. The van der Waals surface area contributed by atoms with Crippen LogP contribution >= 0.6 is 0 Å². The van der Waals surface area contributed by atoms with Gasteiger partial charge in [0.25, 0.3) is 10.0 Å². The van der Waals surface area contributed by atoms with Crippen LogP contribution in [0, 0.1) is 29.6 Å². The molecule has 3 aliphatic rings. The number of hydrogen-bond acceptors (Lipinski definition) is 5. The number of ether oxygens (including phenoxy) is 2. The first-order valence-electron chi connectivity index (χ1n) is 13.4. The summed E-state index contributed by atoms with van der Waals surface area (Å²) in [5, 5.41) is 0. The molecule has 202 valence electrons. The van der Waals surface area contributed by atoms with Gasteiger partial charge in [-0.1, -0.05) is 74.5 Å². The Balaban J connectivity index is 1.60. The molecule has 5 unspecified atom stereocenters. The number of benzene rings is 3. The molecule has 3 aromatic carbocycles. The van der Waals surface area contributed by atoms with Crippen molar-refractivity contribution in [2.24, 2.45) is 29.6 Å². The first-order valence-corrected chi connectivity index (χ1v) is 14.9. The summed E-state index contributed by atoms with van der Waals surface area (Å²) in [7, 11) is -0.807. The lowest BCUT2D eigenvalue weighted by atomic mass is 9.72. The maximum absolute atomic E-state index is 14.5. The van der Waals surface area contributed by atoms with Crippen molar-refractivity contribution in [3.8, 4) is 5.75 Å². The number of rotatable bonds is 6. The highest BCUT2D eigenvalue weighted by molar-refractivity contribution is 7.89. The zero-order chi connectivity index (χ0) is 27.5. The van der Waals surface area contributed by atoms with Gasteiger partial charge in [-0.3, -0.25) is 9.10 Å². The fourth-order valence-electron chi connectivity index (χ4n) is 7.48. The molecule has 0 amide bonds. The molecule has 1 aliphatic heterocycles. The third kappa shape index (κ3) is 3.73. The zero-order valence-corrected chi connectivity index (χ0v) is 23.3. The SMILES string of the molecule is COC1=C2C(C3C(=O)C1C(c1ccccc1)C3C)[C@@H](C)[C@@H](c1ccc(OC)cc1)N2S(=O)(=O)c1ccccc1. The summed E-state index contributed by atoms with van der Waals surface area (Å²) in [6, 6.07) is 25.7. The van der Waals surface area contributed by atoms with Gasteiger partial charge in [0, 0.05) is 17.8 Å². The second-order valence-electron chi connectivity index (χ2n) is 10.9. The van der Waals surface area contributed by atoms with E-state index in [1.165, 1.54) is 0 Å². The van der Waals surface area contributed by atoms with Crippen molar-refractivity contribution in [1.29, 1.82) is 0 Å². The van der Waals surface area contributed by atoms with E-state index >= 15 is 0 Å². The van der Waals surface area contributed by atoms with E-state index in [1.807, 2.05) is 42.5 Å². The van der Waals surface area contributed by atoms with E-state index in [2.05, 4.69) is 26.0 Å². The number of allylic oxidation sites excluding steroid dienone is 2. The number of nitrogens with zero attached hydrogens (tertiary/aromatic N) is 1. The average molecular weight is 544 g/mol. The predicted molar refractivity (Wildman–Crippen MR) is 148 cm³/mol. The molecule has 0 aromatic heterocycles. The number of Topliss-reactive ketones (excluding diaryl/α,β-unsaturated/α-hetero) is 1. The Kier molecular flexibility index (Phi) is 6.29. The van der Waals surface area contributed by atoms with Crippen LogP contribution in [0.3, 0.4) is 0 Å². The molecule has 39 heavy (non-hydrogen) atoms. The Labute approximate surface area is 230 Å². The molecule has 7 heteroatoms. The lowest BCUT2D eigenvalue weighted by Crippen LogP contribution is -2.37. The third-order valence-corrected chi connectivity index (χ3v) is 10.9. The summed E-state index contributed by atoms with van der Waals surface area (Å²) >= 11 is 0. The molecule has 0 radical (unpaired) electrons. The lowest BCUT2D eigenvalue weighted by Gasteiger charge is -2.33. The quantitative estimate of drug-likeness (QED) is 0.393. The molecule has 6 rings (SSSR count). The average Bonchev–Trinajstić information content (AvgIpc) is 3.36. The molecule has 1 saturated carbocycles. The van der Waals surface area contributed by atoms with E-state index < -0.39 is 22.0 Å². The topological polar surface area (TPSA) is 72.9 Å². The molecular formula is C32H33NO5S. The first-order chi connectivity index (χ1) is 18.8. The number of ketones is 1.